The Morgan fingerprint density at radius 3 is 2.65 bits per heavy atom. The summed E-state index contributed by atoms with van der Waals surface area (Å²) in [6.07, 6.45) is 1.39. The third-order valence-electron chi connectivity index (χ3n) is 2.96. The van der Waals surface area contributed by atoms with Crippen LogP contribution < -0.4 is 10.2 Å². The van der Waals surface area contributed by atoms with E-state index in [2.05, 4.69) is 15.9 Å². The van der Waals surface area contributed by atoms with Gasteiger partial charge in [-0.3, -0.25) is 4.79 Å². The zero-order valence-corrected chi connectivity index (χ0v) is 12.1. The van der Waals surface area contributed by atoms with Crippen LogP contribution in [-0.4, -0.2) is 0 Å². The van der Waals surface area contributed by atoms with Gasteiger partial charge in [0, 0.05) is 0 Å². The first-order valence-corrected chi connectivity index (χ1v) is 6.92. The molecule has 0 radical (unpaired) electrons. The van der Waals surface area contributed by atoms with Crippen molar-refractivity contribution in [3.63, 3.8) is 0 Å². The summed E-state index contributed by atoms with van der Waals surface area (Å²) in [5, 5.41) is 0.456. The predicted octanol–water partition coefficient (Wildman–Crippen LogP) is 4.13. The van der Waals surface area contributed by atoms with Crippen LogP contribution in [0.15, 0.2) is 68.5 Å². The van der Waals surface area contributed by atoms with Gasteiger partial charge in [0.2, 0.25) is 5.43 Å². The van der Waals surface area contributed by atoms with Gasteiger partial charge in [-0.1, -0.05) is 36.4 Å². The topological polar surface area (TPSA) is 39.4 Å². The van der Waals surface area contributed by atoms with E-state index in [1.807, 2.05) is 30.3 Å². The van der Waals surface area contributed by atoms with E-state index in [0.29, 0.717) is 27.8 Å². The molecule has 100 valence electrons. The predicted molar refractivity (Wildman–Crippen MR) is 81.0 cm³/mol. The van der Waals surface area contributed by atoms with Gasteiger partial charge >= 0.3 is 0 Å². The fourth-order valence-electron chi connectivity index (χ4n) is 1.98. The van der Waals surface area contributed by atoms with E-state index in [9.17, 15) is 4.79 Å². The number of halogens is 1. The highest BCUT2D eigenvalue weighted by Gasteiger charge is 2.10. The van der Waals surface area contributed by atoms with Crippen molar-refractivity contribution in [2.45, 2.75) is 6.61 Å². The maximum Gasteiger partial charge on any atom is 0.210 e. The quantitative estimate of drug-likeness (QED) is 0.724. The van der Waals surface area contributed by atoms with Gasteiger partial charge in [-0.15, -0.1) is 0 Å². The van der Waals surface area contributed by atoms with Crippen molar-refractivity contribution in [2.75, 3.05) is 0 Å². The molecule has 0 saturated carbocycles. The van der Waals surface area contributed by atoms with Gasteiger partial charge in [-0.05, 0) is 33.6 Å². The maximum atomic E-state index is 12.2. The zero-order valence-electron chi connectivity index (χ0n) is 10.5. The Bertz CT molecular complexity index is 794. The zero-order chi connectivity index (χ0) is 13.9. The molecule has 0 aliphatic carbocycles. The van der Waals surface area contributed by atoms with E-state index in [1.165, 1.54) is 6.26 Å². The SMILES string of the molecule is O=c1c(Br)coc2cccc(OCc3ccccc3)c12. The Balaban J connectivity index is 2.00. The summed E-state index contributed by atoms with van der Waals surface area (Å²) in [5.74, 6) is 0.529. The summed E-state index contributed by atoms with van der Waals surface area (Å²) in [6.45, 7) is 0.409. The van der Waals surface area contributed by atoms with Gasteiger partial charge in [0.05, 0.1) is 0 Å². The lowest BCUT2D eigenvalue weighted by atomic mass is 10.2. The number of ether oxygens (including phenoxy) is 1. The molecule has 20 heavy (non-hydrogen) atoms. The fourth-order valence-corrected chi connectivity index (χ4v) is 2.27. The van der Waals surface area contributed by atoms with Gasteiger partial charge in [-0.2, -0.15) is 0 Å². The summed E-state index contributed by atoms with van der Waals surface area (Å²) in [7, 11) is 0. The van der Waals surface area contributed by atoms with Crippen LogP contribution in [0.4, 0.5) is 0 Å². The number of rotatable bonds is 3. The van der Waals surface area contributed by atoms with Crippen molar-refractivity contribution in [1.29, 1.82) is 0 Å². The highest BCUT2D eigenvalue weighted by molar-refractivity contribution is 9.10. The van der Waals surface area contributed by atoms with Crippen molar-refractivity contribution < 1.29 is 9.15 Å². The number of hydrogen-bond acceptors (Lipinski definition) is 3. The van der Waals surface area contributed by atoms with E-state index in [4.69, 9.17) is 9.15 Å². The summed E-state index contributed by atoms with van der Waals surface area (Å²) in [4.78, 5) is 12.2. The summed E-state index contributed by atoms with van der Waals surface area (Å²) in [5.41, 5.74) is 1.43. The molecule has 1 aromatic heterocycles. The number of benzene rings is 2. The van der Waals surface area contributed by atoms with Crippen LogP contribution >= 0.6 is 15.9 Å². The lowest BCUT2D eigenvalue weighted by molar-refractivity contribution is 0.309. The lowest BCUT2D eigenvalue weighted by Crippen LogP contribution is -2.05. The molecular formula is C16H11BrO3. The minimum Gasteiger partial charge on any atom is -0.488 e. The third kappa shape index (κ3) is 2.47. The van der Waals surface area contributed by atoms with E-state index >= 15 is 0 Å². The Labute approximate surface area is 123 Å². The van der Waals surface area contributed by atoms with Gasteiger partial charge < -0.3 is 9.15 Å². The van der Waals surface area contributed by atoms with Gasteiger partial charge in [0.15, 0.2) is 0 Å². The number of fused-ring (bicyclic) bond motifs is 1. The van der Waals surface area contributed by atoms with Crippen LogP contribution in [-0.2, 0) is 6.61 Å². The molecule has 0 aliphatic rings. The minimum absolute atomic E-state index is 0.130. The largest absolute Gasteiger partial charge is 0.488 e. The van der Waals surface area contributed by atoms with E-state index in [0.717, 1.165) is 5.56 Å². The van der Waals surface area contributed by atoms with E-state index < -0.39 is 0 Å². The Morgan fingerprint density at radius 1 is 1.05 bits per heavy atom. The maximum absolute atomic E-state index is 12.2. The summed E-state index contributed by atoms with van der Waals surface area (Å²) >= 11 is 3.18. The molecule has 2 aromatic carbocycles. The second kappa shape index (κ2) is 5.51. The van der Waals surface area contributed by atoms with Crippen LogP contribution in [0.25, 0.3) is 11.0 Å². The standard InChI is InChI=1S/C16H11BrO3/c17-12-10-20-14-8-4-7-13(15(14)16(12)18)19-9-11-5-2-1-3-6-11/h1-8,10H,9H2. The van der Waals surface area contributed by atoms with E-state index in [1.54, 1.807) is 18.2 Å². The molecule has 3 rings (SSSR count). The van der Waals surface area contributed by atoms with Crippen LogP contribution in [0.3, 0.4) is 0 Å². The Morgan fingerprint density at radius 2 is 1.85 bits per heavy atom. The van der Waals surface area contributed by atoms with E-state index in [-0.39, 0.29) is 5.43 Å². The Kier molecular flexibility index (Phi) is 3.56. The Hall–Kier alpha value is -2.07. The summed E-state index contributed by atoms with van der Waals surface area (Å²) < 4.78 is 11.5. The molecule has 0 N–H and O–H groups in total. The molecule has 0 atom stereocenters. The first-order chi connectivity index (χ1) is 9.75. The highest BCUT2D eigenvalue weighted by Crippen LogP contribution is 2.25. The molecule has 3 nitrogen and oxygen atoms in total. The molecule has 1 heterocycles. The van der Waals surface area contributed by atoms with Crippen LogP contribution in [0, 0.1) is 0 Å². The van der Waals surface area contributed by atoms with Crippen molar-refractivity contribution in [1.82, 2.24) is 0 Å². The molecule has 3 aromatic rings. The molecule has 0 spiro atoms. The average Bonchev–Trinajstić information content (AvgIpc) is 2.50. The fraction of sp³-hybridized carbons (Fsp3) is 0.0625. The monoisotopic (exact) mass is 330 g/mol. The third-order valence-corrected chi connectivity index (χ3v) is 3.51. The molecular weight excluding hydrogens is 320 g/mol. The van der Waals surface area contributed by atoms with Gasteiger partial charge in [0.25, 0.3) is 0 Å². The van der Waals surface area contributed by atoms with Crippen LogP contribution in [0.2, 0.25) is 0 Å². The minimum atomic E-state index is -0.130. The normalized spacial score (nSPS) is 10.7. The lowest BCUT2D eigenvalue weighted by Gasteiger charge is -2.08. The summed E-state index contributed by atoms with van der Waals surface area (Å²) in [6, 6.07) is 15.1. The smallest absolute Gasteiger partial charge is 0.210 e. The molecule has 0 unspecified atom stereocenters. The van der Waals surface area contributed by atoms with Gasteiger partial charge in [0.1, 0.15) is 34.1 Å². The average molecular weight is 331 g/mol. The second-order valence-electron chi connectivity index (χ2n) is 4.32. The first kappa shape index (κ1) is 12.9. The van der Waals surface area contributed by atoms with Crippen molar-refractivity contribution in [3.8, 4) is 5.75 Å². The van der Waals surface area contributed by atoms with Crippen molar-refractivity contribution in [3.05, 3.63) is 75.1 Å². The first-order valence-electron chi connectivity index (χ1n) is 6.12. The second-order valence-corrected chi connectivity index (χ2v) is 5.17. The molecule has 0 aliphatic heterocycles. The molecule has 0 fully saturated rings. The molecule has 0 bridgehead atoms. The molecule has 0 amide bonds. The van der Waals surface area contributed by atoms with Crippen LogP contribution in [0.5, 0.6) is 5.75 Å². The van der Waals surface area contributed by atoms with Crippen molar-refractivity contribution in [2.24, 2.45) is 0 Å². The van der Waals surface area contributed by atoms with Crippen LogP contribution in [0.1, 0.15) is 5.56 Å². The number of hydrogen-bond donors (Lipinski definition) is 0. The van der Waals surface area contributed by atoms with Crippen molar-refractivity contribution >= 4 is 26.9 Å². The molecule has 0 saturated heterocycles. The van der Waals surface area contributed by atoms with Gasteiger partial charge in [-0.25, -0.2) is 0 Å². The molecule has 4 heteroatoms. The highest BCUT2D eigenvalue weighted by atomic mass is 79.9.